The van der Waals surface area contributed by atoms with Gasteiger partial charge in [0.1, 0.15) is 6.10 Å². The zero-order valence-electron chi connectivity index (χ0n) is 21.3. The molecule has 1 fully saturated rings. The largest absolute Gasteiger partial charge is 1.00 e. The number of hydrogen-bond acceptors (Lipinski definition) is 3. The van der Waals surface area contributed by atoms with E-state index in [4.69, 9.17) is 16.3 Å². The summed E-state index contributed by atoms with van der Waals surface area (Å²) >= 11 is 7.96. The van der Waals surface area contributed by atoms with Gasteiger partial charge in [-0.05, 0) is 35.7 Å². The summed E-state index contributed by atoms with van der Waals surface area (Å²) in [4.78, 5) is 14.0. The van der Waals surface area contributed by atoms with Crippen LogP contribution in [0.15, 0.2) is 97.1 Å². The number of anilines is 1. The Morgan fingerprint density at radius 1 is 0.868 bits per heavy atom. The van der Waals surface area contributed by atoms with E-state index in [-0.39, 0.29) is 29.6 Å². The first kappa shape index (κ1) is 26.9. The summed E-state index contributed by atoms with van der Waals surface area (Å²) in [6.45, 7) is 1.82. The predicted octanol–water partition coefficient (Wildman–Crippen LogP) is 6.92. The number of amides is 1. The van der Waals surface area contributed by atoms with Gasteiger partial charge < -0.3 is 4.74 Å². The average Bonchev–Trinajstić information content (AvgIpc) is 3.71. The first-order valence-corrected chi connectivity index (χ1v) is 13.6. The van der Waals surface area contributed by atoms with Gasteiger partial charge >= 0.3 is 35.7 Å². The van der Waals surface area contributed by atoms with Crippen LogP contribution in [0, 0.1) is 5.92 Å². The minimum absolute atomic E-state index is 0. The van der Waals surface area contributed by atoms with Crippen LogP contribution in [0.3, 0.4) is 0 Å². The van der Waals surface area contributed by atoms with Gasteiger partial charge in [0, 0.05) is 20.7 Å². The summed E-state index contributed by atoms with van der Waals surface area (Å²) in [5.41, 5.74) is 6.30. The minimum Gasteiger partial charge on any atom is -0.441 e. The van der Waals surface area contributed by atoms with Crippen LogP contribution < -0.4 is 34.9 Å². The molecule has 6 rings (SSSR count). The normalized spacial score (nSPS) is 13.1. The molecule has 0 bridgehead atoms. The summed E-state index contributed by atoms with van der Waals surface area (Å²) in [6.07, 6.45) is 1.46. The molecule has 6 heteroatoms. The van der Waals surface area contributed by atoms with Crippen LogP contribution in [-0.4, -0.2) is 6.09 Å². The van der Waals surface area contributed by atoms with Crippen molar-refractivity contribution in [3.63, 3.8) is 0 Å². The van der Waals surface area contributed by atoms with Crippen LogP contribution in [0.2, 0.25) is 5.02 Å². The van der Waals surface area contributed by atoms with E-state index in [1.165, 1.54) is 29.5 Å². The third kappa shape index (κ3) is 5.66. The second-order valence-corrected chi connectivity index (χ2v) is 10.7. The van der Waals surface area contributed by atoms with E-state index in [0.717, 1.165) is 31.8 Å². The number of ether oxygens (including phenoxy) is 1. The van der Waals surface area contributed by atoms with Gasteiger partial charge in [0.05, 0.1) is 10.6 Å². The Morgan fingerprint density at radius 3 is 2.16 bits per heavy atom. The first-order chi connectivity index (χ1) is 18.1. The van der Waals surface area contributed by atoms with Crippen molar-refractivity contribution in [2.24, 2.45) is 0 Å². The number of carbonyl (C=O) groups is 1. The number of halogens is 1. The van der Waals surface area contributed by atoms with Crippen molar-refractivity contribution in [3.8, 4) is 21.6 Å². The van der Waals surface area contributed by atoms with E-state index in [0.29, 0.717) is 5.02 Å². The van der Waals surface area contributed by atoms with E-state index in [1.807, 2.05) is 43.3 Å². The second kappa shape index (κ2) is 11.6. The van der Waals surface area contributed by atoms with E-state index in [9.17, 15) is 4.79 Å². The summed E-state index contributed by atoms with van der Waals surface area (Å²) < 4.78 is 6.81. The molecule has 1 aromatic heterocycles. The van der Waals surface area contributed by atoms with Crippen LogP contribution in [0.25, 0.3) is 31.7 Å². The summed E-state index contributed by atoms with van der Waals surface area (Å²) in [5.74, 6) is 1.55. The van der Waals surface area contributed by atoms with Gasteiger partial charge in [-0.1, -0.05) is 85.1 Å². The van der Waals surface area contributed by atoms with Gasteiger partial charge in [-0.2, -0.15) is 23.6 Å². The van der Waals surface area contributed by atoms with Crippen LogP contribution in [-0.2, 0) is 4.74 Å². The molecule has 1 N–H and O–H groups in total. The smallest absolute Gasteiger partial charge is 0.441 e. The molecule has 1 atom stereocenters. The number of fused-ring (bicyclic) bond motifs is 1. The predicted molar refractivity (Wildman–Crippen MR) is 154 cm³/mol. The summed E-state index contributed by atoms with van der Waals surface area (Å²) in [7, 11) is 0. The molecule has 0 radical (unpaired) electrons. The number of hydrogen-bond donors (Lipinski definition) is 1. The second-order valence-electron chi connectivity index (χ2n) is 9.25. The van der Waals surface area contributed by atoms with Gasteiger partial charge in [0.15, 0.2) is 0 Å². The standard InChI is InChI=1S/C32H25ClNO2S.Na/c1-20(26-6-2-4-8-28(26)33)36-32(35)34-30-27-7-3-5-9-29(27)37-31(30)25-18-16-24(17-19-25)23-14-12-22(13-15-23)21-10-11-21;/h2-9,12-20H,10-11H2,1H3,(H,34,35);/q-1;+1/t20-;/m1./s1. The van der Waals surface area contributed by atoms with E-state index < -0.39 is 12.2 Å². The molecular formula is C32H25ClNNaO2S. The average molecular weight is 546 g/mol. The van der Waals surface area contributed by atoms with Crippen LogP contribution in [0.4, 0.5) is 10.5 Å². The SMILES string of the molecule is C[C@@H](OC(=O)Nc1c(-c2ccc(-c3ccc([C-]4CC4)cc3)cc2)sc2ccccc12)c1ccccc1Cl.[Na+]. The first-order valence-electron chi connectivity index (χ1n) is 12.4. The van der Waals surface area contributed by atoms with Crippen LogP contribution in [0.1, 0.15) is 37.0 Å². The Bertz CT molecular complexity index is 1580. The molecule has 0 saturated heterocycles. The Morgan fingerprint density at radius 2 is 1.47 bits per heavy atom. The van der Waals surface area contributed by atoms with E-state index in [1.54, 1.807) is 23.3 Å². The van der Waals surface area contributed by atoms with Gasteiger partial charge in [-0.15, -0.1) is 23.5 Å². The molecule has 5 aromatic rings. The van der Waals surface area contributed by atoms with Gasteiger partial charge in [0.25, 0.3) is 0 Å². The fourth-order valence-electron chi connectivity index (χ4n) is 4.60. The Kier molecular flexibility index (Phi) is 8.18. The molecule has 1 aliphatic carbocycles. The number of thiophene rings is 1. The monoisotopic (exact) mass is 545 g/mol. The van der Waals surface area contributed by atoms with Gasteiger partial charge in [-0.3, -0.25) is 5.32 Å². The van der Waals surface area contributed by atoms with Gasteiger partial charge in [0.2, 0.25) is 0 Å². The van der Waals surface area contributed by atoms with Crippen LogP contribution >= 0.6 is 22.9 Å². The molecule has 1 amide bonds. The van der Waals surface area contributed by atoms with Crippen molar-refractivity contribution in [1.29, 1.82) is 0 Å². The third-order valence-electron chi connectivity index (χ3n) is 6.72. The molecular weight excluding hydrogens is 521 g/mol. The quantitative estimate of drug-likeness (QED) is 0.186. The maximum absolute atomic E-state index is 13.0. The minimum atomic E-state index is -0.512. The fraction of sp³-hybridized carbons (Fsp3) is 0.125. The molecule has 1 aliphatic rings. The third-order valence-corrected chi connectivity index (χ3v) is 8.29. The molecule has 4 aromatic carbocycles. The fourth-order valence-corrected chi connectivity index (χ4v) is 6.05. The van der Waals surface area contributed by atoms with Crippen molar-refractivity contribution in [2.45, 2.75) is 25.9 Å². The summed E-state index contributed by atoms with van der Waals surface area (Å²) in [6, 6.07) is 32.8. The molecule has 1 heterocycles. The Hall–Kier alpha value is -2.73. The maximum Gasteiger partial charge on any atom is 1.00 e. The number of rotatable bonds is 6. The van der Waals surface area contributed by atoms with E-state index in [2.05, 4.69) is 59.9 Å². The van der Waals surface area contributed by atoms with Crippen molar-refractivity contribution < 1.29 is 39.1 Å². The topological polar surface area (TPSA) is 38.3 Å². The zero-order chi connectivity index (χ0) is 25.4. The van der Waals surface area contributed by atoms with Crippen molar-refractivity contribution in [2.75, 3.05) is 5.32 Å². The molecule has 38 heavy (non-hydrogen) atoms. The van der Waals surface area contributed by atoms with Crippen molar-refractivity contribution in [3.05, 3.63) is 119 Å². The van der Waals surface area contributed by atoms with Crippen molar-refractivity contribution >= 4 is 44.8 Å². The molecule has 0 aliphatic heterocycles. The Balaban J connectivity index is 0.00000294. The number of carbonyl (C=O) groups excluding carboxylic acids is 1. The number of nitrogens with one attached hydrogen (secondary N) is 1. The number of benzene rings is 4. The molecule has 1 saturated carbocycles. The Labute approximate surface area is 254 Å². The maximum atomic E-state index is 13.0. The molecule has 3 nitrogen and oxygen atoms in total. The van der Waals surface area contributed by atoms with E-state index >= 15 is 0 Å². The molecule has 184 valence electrons. The molecule has 0 spiro atoms. The van der Waals surface area contributed by atoms with Gasteiger partial charge in [-0.25, -0.2) is 4.79 Å². The molecule has 0 unspecified atom stereocenters. The van der Waals surface area contributed by atoms with Crippen molar-refractivity contribution in [1.82, 2.24) is 0 Å². The zero-order valence-corrected chi connectivity index (χ0v) is 24.9. The van der Waals surface area contributed by atoms with Crippen LogP contribution in [0.5, 0.6) is 0 Å². The summed E-state index contributed by atoms with van der Waals surface area (Å²) in [5, 5.41) is 4.59.